The van der Waals surface area contributed by atoms with Gasteiger partial charge in [-0.25, -0.2) is 4.39 Å². The van der Waals surface area contributed by atoms with Crippen LogP contribution in [0.1, 0.15) is 54.5 Å². The fourth-order valence-electron chi connectivity index (χ4n) is 4.33. The van der Waals surface area contributed by atoms with E-state index in [1.54, 1.807) is 4.90 Å². The maximum atomic E-state index is 13.5. The van der Waals surface area contributed by atoms with Crippen LogP contribution in [0.25, 0.3) is 0 Å². The van der Waals surface area contributed by atoms with Crippen molar-refractivity contribution >= 4 is 5.97 Å². The average Bonchev–Trinajstić information content (AvgIpc) is 3.16. The van der Waals surface area contributed by atoms with E-state index in [0.29, 0.717) is 17.7 Å². The lowest BCUT2D eigenvalue weighted by molar-refractivity contribution is -0.144. The first-order chi connectivity index (χ1) is 16.5. The van der Waals surface area contributed by atoms with Gasteiger partial charge in [0, 0.05) is 19.0 Å². The monoisotopic (exact) mass is 522 g/mol. The number of nitrogens with two attached hydrogens (primary N) is 1. The molecule has 0 bridgehead atoms. The summed E-state index contributed by atoms with van der Waals surface area (Å²) >= 11 is 0. The number of halogens is 7. The second-order valence-corrected chi connectivity index (χ2v) is 9.15. The van der Waals surface area contributed by atoms with E-state index in [2.05, 4.69) is 0 Å². The minimum absolute atomic E-state index is 0.0423. The number of aliphatic carboxylic acids is 1. The molecule has 198 valence electrons. The Kier molecular flexibility index (Phi) is 7.73. The summed E-state index contributed by atoms with van der Waals surface area (Å²) in [5, 5.41) is 9.20. The van der Waals surface area contributed by atoms with Crippen molar-refractivity contribution in [2.75, 3.05) is 13.1 Å². The minimum atomic E-state index is -5.01. The van der Waals surface area contributed by atoms with E-state index in [0.717, 1.165) is 0 Å². The largest absolute Gasteiger partial charge is 0.481 e. The molecule has 1 aliphatic rings. The molecule has 1 heterocycles. The number of ether oxygens (including phenoxy) is 1. The van der Waals surface area contributed by atoms with Crippen LogP contribution in [-0.4, -0.2) is 40.8 Å². The van der Waals surface area contributed by atoms with Gasteiger partial charge in [-0.2, -0.15) is 26.3 Å². The molecule has 2 aromatic carbocycles. The van der Waals surface area contributed by atoms with Gasteiger partial charge in [0.1, 0.15) is 5.82 Å². The van der Waals surface area contributed by atoms with Crippen LogP contribution in [-0.2, 0) is 21.9 Å². The lowest BCUT2D eigenvalue weighted by Gasteiger charge is -2.34. The number of alkyl halides is 6. The Hall–Kier alpha value is -2.70. The third-order valence-corrected chi connectivity index (χ3v) is 6.25. The fourth-order valence-corrected chi connectivity index (χ4v) is 4.33. The van der Waals surface area contributed by atoms with E-state index in [4.69, 9.17) is 10.5 Å². The maximum absolute atomic E-state index is 13.5. The van der Waals surface area contributed by atoms with Gasteiger partial charge in [0.25, 0.3) is 0 Å². The number of carboxylic acid groups (broad SMARTS) is 1. The second-order valence-electron chi connectivity index (χ2n) is 9.15. The van der Waals surface area contributed by atoms with Crippen LogP contribution in [0.2, 0.25) is 0 Å². The molecule has 1 fully saturated rings. The molecule has 5 nitrogen and oxygen atoms in total. The summed E-state index contributed by atoms with van der Waals surface area (Å²) in [6.45, 7) is 3.06. The van der Waals surface area contributed by atoms with Crippen LogP contribution in [0, 0.1) is 5.82 Å². The molecular weight excluding hydrogens is 497 g/mol. The van der Waals surface area contributed by atoms with Crippen LogP contribution in [0.4, 0.5) is 30.7 Å². The van der Waals surface area contributed by atoms with Crippen molar-refractivity contribution in [3.05, 3.63) is 70.5 Å². The Labute approximate surface area is 202 Å². The molecule has 0 spiro atoms. The maximum Gasteiger partial charge on any atom is 0.416 e. The summed E-state index contributed by atoms with van der Waals surface area (Å²) in [5.74, 6) is -2.16. The average molecular weight is 522 g/mol. The number of hydrogen-bond donors (Lipinski definition) is 2. The van der Waals surface area contributed by atoms with Crippen LogP contribution >= 0.6 is 0 Å². The van der Waals surface area contributed by atoms with Gasteiger partial charge in [0.2, 0.25) is 0 Å². The third kappa shape index (κ3) is 6.54. The quantitative estimate of drug-likeness (QED) is 0.466. The third-order valence-electron chi connectivity index (χ3n) is 6.25. The highest BCUT2D eigenvalue weighted by Gasteiger charge is 2.43. The van der Waals surface area contributed by atoms with E-state index >= 15 is 0 Å². The van der Waals surface area contributed by atoms with Crippen molar-refractivity contribution in [3.8, 4) is 0 Å². The van der Waals surface area contributed by atoms with Gasteiger partial charge in [0.05, 0.1) is 35.4 Å². The molecule has 12 heteroatoms. The summed E-state index contributed by atoms with van der Waals surface area (Å²) < 4.78 is 99.3. The van der Waals surface area contributed by atoms with Crippen LogP contribution in [0.3, 0.4) is 0 Å². The molecule has 0 saturated carbocycles. The van der Waals surface area contributed by atoms with Gasteiger partial charge >= 0.3 is 18.3 Å². The first-order valence-electron chi connectivity index (χ1n) is 10.9. The van der Waals surface area contributed by atoms with Crippen molar-refractivity contribution in [1.29, 1.82) is 0 Å². The number of likely N-dealkylation sites (tertiary alicyclic amines) is 1. The van der Waals surface area contributed by atoms with E-state index in [-0.39, 0.29) is 24.7 Å². The number of rotatable bonds is 7. The highest BCUT2D eigenvalue weighted by Crippen LogP contribution is 2.40. The standard InChI is InChI=1S/C24H25F7N2O3/c1-13(15-7-16(23(26,27)28)9-17(8-15)24(29,30)31)36-20-12-33(22(2,32)10-21(34)35)11-19(20)14-3-5-18(25)6-4-14/h3-9,13,19-20H,10-12,32H2,1-2H3,(H,34,35)/t13-,19?,20+,22+/m1/s1. The lowest BCUT2D eigenvalue weighted by Crippen LogP contribution is -2.54. The van der Waals surface area contributed by atoms with E-state index < -0.39 is 65.5 Å². The van der Waals surface area contributed by atoms with Crippen LogP contribution in [0.5, 0.6) is 0 Å². The molecule has 4 atom stereocenters. The molecule has 0 aromatic heterocycles. The van der Waals surface area contributed by atoms with Gasteiger partial charge in [-0.1, -0.05) is 12.1 Å². The fraction of sp³-hybridized carbons (Fsp3) is 0.458. The normalized spacial score (nSPS) is 21.8. The zero-order valence-corrected chi connectivity index (χ0v) is 19.3. The molecule has 1 saturated heterocycles. The first-order valence-corrected chi connectivity index (χ1v) is 10.9. The molecule has 1 unspecified atom stereocenters. The Morgan fingerprint density at radius 1 is 1.06 bits per heavy atom. The van der Waals surface area contributed by atoms with Crippen LogP contribution < -0.4 is 5.73 Å². The van der Waals surface area contributed by atoms with Gasteiger partial charge < -0.3 is 15.6 Å². The number of carboxylic acids is 1. The zero-order chi connectivity index (χ0) is 27.1. The molecule has 0 amide bonds. The van der Waals surface area contributed by atoms with E-state index in [9.17, 15) is 40.6 Å². The van der Waals surface area contributed by atoms with E-state index in [1.807, 2.05) is 0 Å². The molecule has 36 heavy (non-hydrogen) atoms. The molecule has 3 N–H and O–H groups in total. The van der Waals surface area contributed by atoms with Crippen molar-refractivity contribution in [1.82, 2.24) is 4.90 Å². The highest BCUT2D eigenvalue weighted by molar-refractivity contribution is 5.68. The molecule has 1 aliphatic heterocycles. The Morgan fingerprint density at radius 2 is 1.58 bits per heavy atom. The first kappa shape index (κ1) is 27.9. The molecule has 3 rings (SSSR count). The second kappa shape index (κ2) is 9.98. The van der Waals surface area contributed by atoms with Crippen molar-refractivity contribution in [2.45, 2.75) is 56.4 Å². The molecule has 0 aliphatic carbocycles. The summed E-state index contributed by atoms with van der Waals surface area (Å²) in [5.41, 5.74) is 2.25. The highest BCUT2D eigenvalue weighted by atomic mass is 19.4. The predicted molar refractivity (Wildman–Crippen MR) is 115 cm³/mol. The topological polar surface area (TPSA) is 75.8 Å². The predicted octanol–water partition coefficient (Wildman–Crippen LogP) is 5.56. The van der Waals surface area contributed by atoms with Gasteiger partial charge in [-0.3, -0.25) is 9.69 Å². The summed E-state index contributed by atoms with van der Waals surface area (Å²) in [7, 11) is 0. The number of nitrogens with zero attached hydrogens (tertiary/aromatic N) is 1. The van der Waals surface area contributed by atoms with Crippen molar-refractivity contribution in [3.63, 3.8) is 0 Å². The van der Waals surface area contributed by atoms with Crippen molar-refractivity contribution < 1.29 is 45.4 Å². The smallest absolute Gasteiger partial charge is 0.416 e. The molecule has 0 radical (unpaired) electrons. The molecular formula is C24H25F7N2O3. The van der Waals surface area contributed by atoms with Crippen molar-refractivity contribution in [2.24, 2.45) is 5.73 Å². The number of hydrogen-bond acceptors (Lipinski definition) is 4. The van der Waals surface area contributed by atoms with E-state index in [1.165, 1.54) is 38.1 Å². The number of carbonyl (C=O) groups is 1. The lowest BCUT2D eigenvalue weighted by atomic mass is 9.95. The minimum Gasteiger partial charge on any atom is -0.481 e. The zero-order valence-electron chi connectivity index (χ0n) is 19.3. The Bertz CT molecular complexity index is 1050. The molecule has 2 aromatic rings. The SMILES string of the molecule is C[C@@H](O[C@H]1CN([C@](C)(N)CC(=O)O)CC1c1ccc(F)cc1)c1cc(C(F)(F)F)cc(C(F)(F)F)c1. The summed E-state index contributed by atoms with van der Waals surface area (Å²) in [6.07, 6.45) is -12.4. The van der Waals surface area contributed by atoms with Gasteiger partial charge in [-0.15, -0.1) is 0 Å². The summed E-state index contributed by atoms with van der Waals surface area (Å²) in [4.78, 5) is 12.9. The van der Waals surface area contributed by atoms with Crippen LogP contribution in [0.15, 0.2) is 42.5 Å². The van der Waals surface area contributed by atoms with Gasteiger partial charge in [0.15, 0.2) is 0 Å². The summed E-state index contributed by atoms with van der Waals surface area (Å²) in [6, 6.07) is 6.65. The Morgan fingerprint density at radius 3 is 2.06 bits per heavy atom. The van der Waals surface area contributed by atoms with Gasteiger partial charge in [-0.05, 0) is 55.3 Å². The number of benzene rings is 2. The Balaban J connectivity index is 1.95.